The number of esters is 1. The molecule has 0 aromatic heterocycles. The second kappa shape index (κ2) is 2.73. The molecule has 0 aliphatic carbocycles. The van der Waals surface area contributed by atoms with Crippen molar-refractivity contribution < 1.29 is 9.53 Å². The maximum atomic E-state index is 11.3. The minimum absolute atomic E-state index is 0.0211. The molecule has 1 aliphatic heterocycles. The zero-order chi connectivity index (χ0) is 10.4. The van der Waals surface area contributed by atoms with Crippen molar-refractivity contribution in [3.63, 3.8) is 0 Å². The van der Waals surface area contributed by atoms with Gasteiger partial charge in [0.2, 0.25) is 0 Å². The van der Waals surface area contributed by atoms with Crippen molar-refractivity contribution in [3.05, 3.63) is 0 Å². The highest BCUT2D eigenvalue weighted by Gasteiger charge is 2.53. The summed E-state index contributed by atoms with van der Waals surface area (Å²) in [7, 11) is 0. The fourth-order valence-corrected chi connectivity index (χ4v) is 1.80. The van der Waals surface area contributed by atoms with Crippen molar-refractivity contribution >= 4 is 5.97 Å². The van der Waals surface area contributed by atoms with Crippen LogP contribution in [0.1, 0.15) is 41.5 Å². The average molecular weight is 184 g/mol. The molecule has 1 heterocycles. The van der Waals surface area contributed by atoms with Crippen molar-refractivity contribution in [1.29, 1.82) is 0 Å². The second-order valence-corrected chi connectivity index (χ2v) is 6.07. The molecule has 0 bridgehead atoms. The molecule has 1 fully saturated rings. The van der Waals surface area contributed by atoms with Crippen molar-refractivity contribution in [2.45, 2.75) is 47.6 Å². The van der Waals surface area contributed by atoms with Crippen LogP contribution in [-0.4, -0.2) is 12.1 Å². The summed E-state index contributed by atoms with van der Waals surface area (Å²) < 4.78 is 5.20. The van der Waals surface area contributed by atoms with E-state index in [1.807, 2.05) is 0 Å². The molecule has 1 aliphatic rings. The van der Waals surface area contributed by atoms with Crippen molar-refractivity contribution in [1.82, 2.24) is 0 Å². The molecule has 0 N–H and O–H groups in total. The minimum Gasteiger partial charge on any atom is -0.461 e. The standard InChI is InChI=1S/C11H20O2/c1-10(2,3)7-8(11(4,5)6)13-9(7)12/h7-8H,1-6H3/t7-,8+/m0/s1. The van der Waals surface area contributed by atoms with E-state index in [4.69, 9.17) is 4.74 Å². The summed E-state index contributed by atoms with van der Waals surface area (Å²) in [5, 5.41) is 0. The molecule has 13 heavy (non-hydrogen) atoms. The third-order valence-corrected chi connectivity index (χ3v) is 2.59. The molecule has 1 saturated heterocycles. The van der Waals surface area contributed by atoms with Gasteiger partial charge >= 0.3 is 5.97 Å². The van der Waals surface area contributed by atoms with Gasteiger partial charge in [0.1, 0.15) is 6.10 Å². The first-order valence-corrected chi connectivity index (χ1v) is 4.84. The van der Waals surface area contributed by atoms with Crippen LogP contribution in [0.15, 0.2) is 0 Å². The van der Waals surface area contributed by atoms with Crippen molar-refractivity contribution in [2.24, 2.45) is 16.7 Å². The largest absolute Gasteiger partial charge is 0.461 e. The van der Waals surface area contributed by atoms with E-state index in [1.54, 1.807) is 0 Å². The van der Waals surface area contributed by atoms with Gasteiger partial charge < -0.3 is 4.74 Å². The van der Waals surface area contributed by atoms with E-state index in [2.05, 4.69) is 41.5 Å². The Kier molecular flexibility index (Phi) is 2.21. The number of hydrogen-bond donors (Lipinski definition) is 0. The number of hydrogen-bond acceptors (Lipinski definition) is 2. The highest BCUT2D eigenvalue weighted by atomic mass is 16.6. The molecular weight excluding hydrogens is 164 g/mol. The Balaban J connectivity index is 2.79. The van der Waals surface area contributed by atoms with Crippen LogP contribution in [0.3, 0.4) is 0 Å². The van der Waals surface area contributed by atoms with Gasteiger partial charge in [-0.1, -0.05) is 41.5 Å². The lowest BCUT2D eigenvalue weighted by Crippen LogP contribution is -2.57. The molecule has 1 rings (SSSR count). The van der Waals surface area contributed by atoms with E-state index >= 15 is 0 Å². The van der Waals surface area contributed by atoms with Crippen LogP contribution in [-0.2, 0) is 9.53 Å². The number of carbonyl (C=O) groups excluding carboxylic acids is 1. The molecule has 0 spiro atoms. The zero-order valence-corrected chi connectivity index (χ0v) is 9.47. The van der Waals surface area contributed by atoms with E-state index in [1.165, 1.54) is 0 Å². The van der Waals surface area contributed by atoms with Crippen LogP contribution in [0.4, 0.5) is 0 Å². The lowest BCUT2D eigenvalue weighted by atomic mass is 9.67. The Hall–Kier alpha value is -0.530. The molecule has 0 aromatic carbocycles. The van der Waals surface area contributed by atoms with Crippen molar-refractivity contribution in [2.75, 3.05) is 0 Å². The maximum Gasteiger partial charge on any atom is 0.313 e. The molecular formula is C11H20O2. The first-order valence-electron chi connectivity index (χ1n) is 4.84. The SMILES string of the molecule is CC(C)(C)[C@@H]1OC(=O)[C@H]1C(C)(C)C. The van der Waals surface area contributed by atoms with Crippen LogP contribution in [0, 0.1) is 16.7 Å². The van der Waals surface area contributed by atoms with Gasteiger partial charge in [0, 0.05) is 0 Å². The molecule has 2 nitrogen and oxygen atoms in total. The van der Waals surface area contributed by atoms with Gasteiger partial charge in [-0.2, -0.15) is 0 Å². The smallest absolute Gasteiger partial charge is 0.313 e. The predicted octanol–water partition coefficient (Wildman–Crippen LogP) is 2.62. The first-order chi connectivity index (χ1) is 5.64. The summed E-state index contributed by atoms with van der Waals surface area (Å²) in [5.74, 6) is 0.0277. The highest BCUT2D eigenvalue weighted by Crippen LogP contribution is 2.45. The normalized spacial score (nSPS) is 29.5. The summed E-state index contributed by atoms with van der Waals surface area (Å²) in [4.78, 5) is 11.3. The fourth-order valence-electron chi connectivity index (χ4n) is 1.80. The summed E-state index contributed by atoms with van der Waals surface area (Å²) in [6.45, 7) is 12.6. The van der Waals surface area contributed by atoms with Crippen molar-refractivity contribution in [3.8, 4) is 0 Å². The third kappa shape index (κ3) is 1.87. The average Bonchev–Trinajstić information content (AvgIpc) is 1.75. The van der Waals surface area contributed by atoms with Crippen LogP contribution in [0.25, 0.3) is 0 Å². The Labute approximate surface area is 80.7 Å². The fraction of sp³-hybridized carbons (Fsp3) is 0.909. The van der Waals surface area contributed by atoms with Gasteiger partial charge in [0.25, 0.3) is 0 Å². The maximum absolute atomic E-state index is 11.3. The molecule has 0 saturated carbocycles. The van der Waals surface area contributed by atoms with Crippen LogP contribution in [0.5, 0.6) is 0 Å². The van der Waals surface area contributed by atoms with E-state index in [9.17, 15) is 4.79 Å². The first kappa shape index (κ1) is 10.6. The van der Waals surface area contributed by atoms with Gasteiger partial charge in [-0.15, -0.1) is 0 Å². The van der Waals surface area contributed by atoms with E-state index < -0.39 is 0 Å². The lowest BCUT2D eigenvalue weighted by Gasteiger charge is -2.48. The van der Waals surface area contributed by atoms with E-state index in [0.29, 0.717) is 0 Å². The molecule has 76 valence electrons. The van der Waals surface area contributed by atoms with Crippen LogP contribution >= 0.6 is 0 Å². The van der Waals surface area contributed by atoms with Gasteiger partial charge in [0.15, 0.2) is 0 Å². The van der Waals surface area contributed by atoms with E-state index in [0.717, 1.165) is 0 Å². The summed E-state index contributed by atoms with van der Waals surface area (Å²) in [5.41, 5.74) is 0.0825. The summed E-state index contributed by atoms with van der Waals surface area (Å²) in [6, 6.07) is 0. The monoisotopic (exact) mass is 184 g/mol. The summed E-state index contributed by atoms with van der Waals surface area (Å²) in [6.07, 6.45) is 0.0833. The lowest BCUT2D eigenvalue weighted by molar-refractivity contribution is -0.211. The Morgan fingerprint density at radius 3 is 1.62 bits per heavy atom. The molecule has 2 atom stereocenters. The van der Waals surface area contributed by atoms with Gasteiger partial charge in [-0.3, -0.25) is 4.79 Å². The molecule has 0 unspecified atom stereocenters. The molecule has 2 heteroatoms. The Bertz CT molecular complexity index is 217. The Morgan fingerprint density at radius 1 is 1.00 bits per heavy atom. The molecule has 0 aromatic rings. The quantitative estimate of drug-likeness (QED) is 0.541. The van der Waals surface area contributed by atoms with Gasteiger partial charge in [-0.25, -0.2) is 0 Å². The van der Waals surface area contributed by atoms with E-state index in [-0.39, 0.29) is 28.8 Å². The van der Waals surface area contributed by atoms with Gasteiger partial charge in [0.05, 0.1) is 5.92 Å². The summed E-state index contributed by atoms with van der Waals surface area (Å²) >= 11 is 0. The molecule has 0 amide bonds. The number of carbonyl (C=O) groups is 1. The number of ether oxygens (including phenoxy) is 1. The Morgan fingerprint density at radius 2 is 1.46 bits per heavy atom. The molecule has 0 radical (unpaired) electrons. The highest BCUT2D eigenvalue weighted by molar-refractivity contribution is 5.79. The minimum atomic E-state index is -0.0348. The van der Waals surface area contributed by atoms with Crippen LogP contribution in [0.2, 0.25) is 0 Å². The number of cyclic esters (lactones) is 1. The predicted molar refractivity (Wildman–Crippen MR) is 52.3 cm³/mol. The number of rotatable bonds is 0. The topological polar surface area (TPSA) is 26.3 Å². The van der Waals surface area contributed by atoms with Gasteiger partial charge in [-0.05, 0) is 10.8 Å². The second-order valence-electron chi connectivity index (χ2n) is 6.07. The zero-order valence-electron chi connectivity index (χ0n) is 9.47. The van der Waals surface area contributed by atoms with Crippen LogP contribution < -0.4 is 0 Å². The third-order valence-electron chi connectivity index (χ3n) is 2.59.